The molecule has 1 N–H and O–H groups in total. The number of rotatable bonds is 7. The third kappa shape index (κ3) is 6.39. The molecule has 0 aliphatic carbocycles. The van der Waals surface area contributed by atoms with Gasteiger partial charge in [0, 0.05) is 12.0 Å². The van der Waals surface area contributed by atoms with Gasteiger partial charge in [0.15, 0.2) is 11.5 Å². The van der Waals surface area contributed by atoms with Crippen molar-refractivity contribution in [3.63, 3.8) is 0 Å². The molecule has 0 amide bonds. The summed E-state index contributed by atoms with van der Waals surface area (Å²) in [6, 6.07) is 6.08. The summed E-state index contributed by atoms with van der Waals surface area (Å²) < 4.78 is 42.2. The predicted molar refractivity (Wildman–Crippen MR) is 104 cm³/mol. The Labute approximate surface area is 181 Å². The molecule has 160 valence electrons. The Morgan fingerprint density at radius 3 is 2.57 bits per heavy atom. The van der Waals surface area contributed by atoms with E-state index in [0.29, 0.717) is 0 Å². The number of ketones is 1. The van der Waals surface area contributed by atoms with Gasteiger partial charge in [0.05, 0.1) is 15.1 Å². The normalized spacial score (nSPS) is 11.4. The fourth-order valence-electron chi connectivity index (χ4n) is 2.08. The fourth-order valence-corrected chi connectivity index (χ4v) is 2.64. The molecule has 2 aromatic carbocycles. The predicted octanol–water partition coefficient (Wildman–Crippen LogP) is 5.85. The summed E-state index contributed by atoms with van der Waals surface area (Å²) in [5.74, 6) is -2.68. The second kappa shape index (κ2) is 9.86. The molecule has 0 bridgehead atoms. The number of carbonyl (C=O) groups excluding carboxylic acids is 2. The Hall–Kier alpha value is -2.72. The molecule has 2 aromatic rings. The van der Waals surface area contributed by atoms with E-state index in [0.717, 1.165) is 24.3 Å². The lowest BCUT2D eigenvalue weighted by atomic mass is 10.1. The first-order valence-electron chi connectivity index (χ1n) is 8.18. The average molecular weight is 510 g/mol. The maximum absolute atomic E-state index is 12.7. The van der Waals surface area contributed by atoms with Gasteiger partial charge in [-0.1, -0.05) is 24.6 Å². The molecule has 2 rings (SSSR count). The number of benzene rings is 2. The van der Waals surface area contributed by atoms with Gasteiger partial charge in [0.25, 0.3) is 0 Å². The summed E-state index contributed by atoms with van der Waals surface area (Å²) in [5.41, 5.74) is -0.365. The highest BCUT2D eigenvalue weighted by Gasteiger charge is 2.32. The zero-order valence-electron chi connectivity index (χ0n) is 15.1. The van der Waals surface area contributed by atoms with Gasteiger partial charge in [0.2, 0.25) is 0 Å². The fraction of sp³-hybridized carbons (Fsp3) is 0.158. The van der Waals surface area contributed by atoms with Gasteiger partial charge < -0.3 is 9.84 Å². The average Bonchev–Trinajstić information content (AvgIpc) is 2.66. The lowest BCUT2D eigenvalue weighted by Gasteiger charge is -2.14. The van der Waals surface area contributed by atoms with Crippen LogP contribution in [0.1, 0.15) is 29.3 Å². The van der Waals surface area contributed by atoms with Crippen molar-refractivity contribution < 1.29 is 42.4 Å². The number of carbonyl (C=O) groups is 2. The summed E-state index contributed by atoms with van der Waals surface area (Å²) >= 11 is 8.74. The Bertz CT molecular complexity index is 991. The van der Waals surface area contributed by atoms with Crippen molar-refractivity contribution in [1.29, 1.82) is 0 Å². The third-order valence-electron chi connectivity index (χ3n) is 3.47. The molecule has 0 aromatic heterocycles. The number of phenolic OH excluding ortho intramolecular Hbond substituents is 1. The lowest BCUT2D eigenvalue weighted by Crippen LogP contribution is -2.18. The molecule has 0 unspecified atom stereocenters. The number of halogens is 5. The summed E-state index contributed by atoms with van der Waals surface area (Å²) in [6.45, 7) is 1.52. The van der Waals surface area contributed by atoms with Gasteiger partial charge in [-0.3, -0.25) is 14.6 Å². The van der Waals surface area contributed by atoms with Crippen molar-refractivity contribution in [2.24, 2.45) is 0 Å². The SMILES string of the molecule is CCC(=O)OOc1cc(/C=C/C(=O)c2cccc(Cl)c2O)c(OC(F)(F)F)cc1Br. The van der Waals surface area contributed by atoms with Crippen LogP contribution in [-0.2, 0) is 9.68 Å². The van der Waals surface area contributed by atoms with E-state index in [1.54, 1.807) is 0 Å². The summed E-state index contributed by atoms with van der Waals surface area (Å²) in [7, 11) is 0. The number of para-hydroxylation sites is 1. The molecule has 0 saturated heterocycles. The minimum atomic E-state index is -5.01. The molecule has 6 nitrogen and oxygen atoms in total. The zero-order valence-corrected chi connectivity index (χ0v) is 17.5. The first kappa shape index (κ1) is 23.6. The number of allylic oxidation sites excluding steroid dienone is 1. The molecule has 0 saturated carbocycles. The molecule has 0 atom stereocenters. The first-order valence-corrected chi connectivity index (χ1v) is 9.35. The van der Waals surface area contributed by atoms with Gasteiger partial charge in [-0.25, -0.2) is 4.79 Å². The standard InChI is InChI=1S/C19H13BrClF3O6/c1-2-17(26)30-29-16-8-10(15(9-12(16)20)28-19(22,23)24)6-7-14(25)11-4-3-5-13(21)18(11)27/h3-9,27H,2H2,1H3/b7-6+. The van der Waals surface area contributed by atoms with Crippen LogP contribution in [0, 0.1) is 0 Å². The topological polar surface area (TPSA) is 82.1 Å². The number of alkyl halides is 3. The molecule has 0 aliphatic heterocycles. The van der Waals surface area contributed by atoms with Gasteiger partial charge in [-0.2, -0.15) is 0 Å². The summed E-state index contributed by atoms with van der Waals surface area (Å²) in [6.07, 6.45) is -3.06. The zero-order chi connectivity index (χ0) is 22.5. The van der Waals surface area contributed by atoms with Crippen molar-refractivity contribution >= 4 is 45.4 Å². The quantitative estimate of drug-likeness (QED) is 0.218. The second-order valence-electron chi connectivity index (χ2n) is 5.59. The van der Waals surface area contributed by atoms with Crippen molar-refractivity contribution in [3.8, 4) is 17.2 Å². The van der Waals surface area contributed by atoms with Crippen LogP contribution in [0.3, 0.4) is 0 Å². The van der Waals surface area contributed by atoms with E-state index in [9.17, 15) is 27.9 Å². The van der Waals surface area contributed by atoms with E-state index < -0.39 is 29.6 Å². The Balaban J connectivity index is 2.40. The molecule has 11 heteroatoms. The molecule has 30 heavy (non-hydrogen) atoms. The van der Waals surface area contributed by atoms with E-state index in [1.807, 2.05) is 0 Å². The first-order chi connectivity index (χ1) is 14.0. The van der Waals surface area contributed by atoms with Gasteiger partial charge in [0.1, 0.15) is 11.5 Å². The maximum Gasteiger partial charge on any atom is 0.573 e. The number of aromatic hydroxyl groups is 1. The van der Waals surface area contributed by atoms with Gasteiger partial charge in [-0.05, 0) is 52.3 Å². The molecule has 0 fully saturated rings. The van der Waals surface area contributed by atoms with E-state index in [4.69, 9.17) is 16.5 Å². The van der Waals surface area contributed by atoms with E-state index in [-0.39, 0.29) is 32.8 Å². The minimum absolute atomic E-state index is 0.00150. The minimum Gasteiger partial charge on any atom is -0.506 e. The van der Waals surface area contributed by atoms with Crippen LogP contribution in [0.4, 0.5) is 13.2 Å². The highest BCUT2D eigenvalue weighted by atomic mass is 79.9. The van der Waals surface area contributed by atoms with Crippen LogP contribution in [0.5, 0.6) is 17.2 Å². The van der Waals surface area contributed by atoms with E-state index in [2.05, 4.69) is 25.6 Å². The monoisotopic (exact) mass is 508 g/mol. The number of hydrogen-bond acceptors (Lipinski definition) is 6. The molecular formula is C19H13BrClF3O6. The molecule has 0 radical (unpaired) electrons. The second-order valence-corrected chi connectivity index (χ2v) is 6.86. The number of phenols is 1. The Kier molecular flexibility index (Phi) is 7.74. The Morgan fingerprint density at radius 1 is 1.23 bits per heavy atom. The maximum atomic E-state index is 12.7. The van der Waals surface area contributed by atoms with Crippen LogP contribution in [-0.4, -0.2) is 23.2 Å². The highest BCUT2D eigenvalue weighted by Crippen LogP contribution is 2.37. The van der Waals surface area contributed by atoms with Crippen LogP contribution < -0.4 is 9.62 Å². The van der Waals surface area contributed by atoms with Crippen LogP contribution in [0.15, 0.2) is 40.9 Å². The number of ether oxygens (including phenoxy) is 1. The largest absolute Gasteiger partial charge is 0.573 e. The summed E-state index contributed by atoms with van der Waals surface area (Å²) in [5, 5.41) is 9.80. The third-order valence-corrected chi connectivity index (χ3v) is 4.39. The van der Waals surface area contributed by atoms with Crippen LogP contribution >= 0.6 is 27.5 Å². The Morgan fingerprint density at radius 2 is 1.93 bits per heavy atom. The molecular weight excluding hydrogens is 497 g/mol. The molecule has 0 aliphatic rings. The molecule has 0 spiro atoms. The smallest absolute Gasteiger partial charge is 0.506 e. The number of hydrogen-bond donors (Lipinski definition) is 1. The van der Waals surface area contributed by atoms with Crippen LogP contribution in [0.25, 0.3) is 6.08 Å². The van der Waals surface area contributed by atoms with Gasteiger partial charge in [-0.15, -0.1) is 13.2 Å². The van der Waals surface area contributed by atoms with E-state index >= 15 is 0 Å². The van der Waals surface area contributed by atoms with Crippen LogP contribution in [0.2, 0.25) is 5.02 Å². The van der Waals surface area contributed by atoms with Gasteiger partial charge >= 0.3 is 12.3 Å². The van der Waals surface area contributed by atoms with Crippen molar-refractivity contribution in [2.75, 3.05) is 0 Å². The summed E-state index contributed by atoms with van der Waals surface area (Å²) in [4.78, 5) is 32.9. The highest BCUT2D eigenvalue weighted by molar-refractivity contribution is 9.10. The lowest BCUT2D eigenvalue weighted by molar-refractivity contribution is -0.274. The van der Waals surface area contributed by atoms with Crippen molar-refractivity contribution in [3.05, 3.63) is 57.0 Å². The van der Waals surface area contributed by atoms with Crippen molar-refractivity contribution in [1.82, 2.24) is 0 Å². The van der Waals surface area contributed by atoms with E-state index in [1.165, 1.54) is 25.1 Å². The molecule has 0 heterocycles. The van der Waals surface area contributed by atoms with Crippen molar-refractivity contribution in [2.45, 2.75) is 19.7 Å².